The molecule has 6 nitrogen and oxygen atoms in total. The van der Waals surface area contributed by atoms with E-state index in [0.29, 0.717) is 0 Å². The fourth-order valence-corrected chi connectivity index (χ4v) is 1.69. The first-order valence-corrected chi connectivity index (χ1v) is 6.06. The van der Waals surface area contributed by atoms with Crippen molar-refractivity contribution in [1.82, 2.24) is 10.6 Å². The van der Waals surface area contributed by atoms with Crippen LogP contribution in [-0.2, 0) is 14.9 Å². The van der Waals surface area contributed by atoms with Gasteiger partial charge in [0.1, 0.15) is 0 Å². The fraction of sp³-hybridized carbons (Fsp3) is 0.857. The predicted octanol–water partition coefficient (Wildman–Crippen LogP) is -1.26. The highest BCUT2D eigenvalue weighted by molar-refractivity contribution is 7.85. The molecule has 1 rings (SSSR count). The Labute approximate surface area is 82.8 Å². The summed E-state index contributed by atoms with van der Waals surface area (Å²) in [5, 5.41) is 5.42. The van der Waals surface area contributed by atoms with Gasteiger partial charge in [0.2, 0.25) is 5.91 Å². The van der Waals surface area contributed by atoms with Gasteiger partial charge in [0.05, 0.1) is 11.8 Å². The van der Waals surface area contributed by atoms with Crippen LogP contribution < -0.4 is 10.6 Å². The molecule has 1 atom stereocenters. The topological polar surface area (TPSA) is 95.5 Å². The van der Waals surface area contributed by atoms with Crippen molar-refractivity contribution in [1.29, 1.82) is 0 Å². The van der Waals surface area contributed by atoms with Gasteiger partial charge in [-0.3, -0.25) is 9.35 Å². The van der Waals surface area contributed by atoms with Gasteiger partial charge in [0.15, 0.2) is 0 Å². The lowest BCUT2D eigenvalue weighted by molar-refractivity contribution is -0.122. The van der Waals surface area contributed by atoms with Gasteiger partial charge < -0.3 is 10.6 Å². The molecule has 14 heavy (non-hydrogen) atoms. The van der Waals surface area contributed by atoms with Gasteiger partial charge in [-0.15, -0.1) is 0 Å². The van der Waals surface area contributed by atoms with Crippen LogP contribution in [0.3, 0.4) is 0 Å². The second kappa shape index (κ2) is 4.72. The lowest BCUT2D eigenvalue weighted by Gasteiger charge is -2.09. The number of hydrogen-bond donors (Lipinski definition) is 3. The molecule has 0 radical (unpaired) electrons. The third kappa shape index (κ3) is 4.03. The SMILES string of the molecule is O=C(NCCS(=O)(=O)O)[C@@H]1CCCN1. The Morgan fingerprint density at radius 3 is 2.79 bits per heavy atom. The largest absolute Gasteiger partial charge is 0.354 e. The summed E-state index contributed by atoms with van der Waals surface area (Å²) in [6, 6.07) is -0.212. The first-order valence-electron chi connectivity index (χ1n) is 4.45. The minimum absolute atomic E-state index is 0.0458. The molecule has 0 spiro atoms. The Bertz CT molecular complexity index is 295. The van der Waals surface area contributed by atoms with E-state index in [9.17, 15) is 13.2 Å². The molecule has 1 heterocycles. The summed E-state index contributed by atoms with van der Waals surface area (Å²) < 4.78 is 29.0. The summed E-state index contributed by atoms with van der Waals surface area (Å²) in [4.78, 5) is 11.3. The molecule has 3 N–H and O–H groups in total. The molecule has 0 saturated carbocycles. The van der Waals surface area contributed by atoms with Crippen LogP contribution in [0.5, 0.6) is 0 Å². The number of amides is 1. The monoisotopic (exact) mass is 222 g/mol. The van der Waals surface area contributed by atoms with Gasteiger partial charge in [-0.1, -0.05) is 0 Å². The maximum atomic E-state index is 11.3. The lowest BCUT2D eigenvalue weighted by Crippen LogP contribution is -2.41. The summed E-state index contributed by atoms with van der Waals surface area (Å²) in [5.74, 6) is -0.642. The smallest absolute Gasteiger partial charge is 0.266 e. The molecule has 0 unspecified atom stereocenters. The minimum atomic E-state index is -3.98. The Hall–Kier alpha value is -0.660. The number of nitrogens with one attached hydrogen (secondary N) is 2. The highest BCUT2D eigenvalue weighted by Crippen LogP contribution is 2.03. The fourth-order valence-electron chi connectivity index (χ4n) is 1.33. The van der Waals surface area contributed by atoms with Crippen molar-refractivity contribution in [2.45, 2.75) is 18.9 Å². The zero-order valence-electron chi connectivity index (χ0n) is 7.69. The van der Waals surface area contributed by atoms with Crippen LogP contribution in [0.15, 0.2) is 0 Å². The zero-order valence-corrected chi connectivity index (χ0v) is 8.51. The average Bonchev–Trinajstić information content (AvgIpc) is 2.53. The van der Waals surface area contributed by atoms with E-state index in [1.165, 1.54) is 0 Å². The number of rotatable bonds is 4. The predicted molar refractivity (Wildman–Crippen MR) is 50.5 cm³/mol. The van der Waals surface area contributed by atoms with Crippen LogP contribution in [0.2, 0.25) is 0 Å². The van der Waals surface area contributed by atoms with Gasteiger partial charge in [-0.05, 0) is 19.4 Å². The number of hydrogen-bond acceptors (Lipinski definition) is 4. The van der Waals surface area contributed by atoms with Crippen LogP contribution in [0.25, 0.3) is 0 Å². The van der Waals surface area contributed by atoms with Crippen molar-refractivity contribution in [3.8, 4) is 0 Å². The highest BCUT2D eigenvalue weighted by atomic mass is 32.2. The van der Waals surface area contributed by atoms with Crippen molar-refractivity contribution in [3.05, 3.63) is 0 Å². The molecule has 0 bridgehead atoms. The number of carbonyl (C=O) groups excluding carboxylic acids is 1. The van der Waals surface area contributed by atoms with E-state index in [1.807, 2.05) is 0 Å². The molecule has 1 amide bonds. The van der Waals surface area contributed by atoms with Crippen molar-refractivity contribution < 1.29 is 17.8 Å². The Balaban J connectivity index is 2.21. The van der Waals surface area contributed by atoms with Crippen molar-refractivity contribution in [3.63, 3.8) is 0 Å². The summed E-state index contributed by atoms with van der Waals surface area (Å²) in [6.45, 7) is 0.770. The number of carbonyl (C=O) groups is 1. The van der Waals surface area contributed by atoms with Crippen LogP contribution >= 0.6 is 0 Å². The normalized spacial score (nSPS) is 22.2. The van der Waals surface area contributed by atoms with Crippen LogP contribution in [0, 0.1) is 0 Å². The standard InChI is InChI=1S/C7H14N2O4S/c10-7(6-2-1-3-8-6)9-4-5-14(11,12)13/h6,8H,1-5H2,(H,9,10)(H,11,12,13)/t6-/m0/s1. The zero-order chi connectivity index (χ0) is 10.6. The van der Waals surface area contributed by atoms with Gasteiger partial charge in [0.25, 0.3) is 10.1 Å². The molecule has 1 aliphatic heterocycles. The summed E-state index contributed by atoms with van der Waals surface area (Å²) in [7, 11) is -3.98. The van der Waals surface area contributed by atoms with Gasteiger partial charge in [0, 0.05) is 6.54 Å². The second-order valence-corrected chi connectivity index (χ2v) is 4.80. The van der Waals surface area contributed by atoms with Gasteiger partial charge in [-0.25, -0.2) is 0 Å². The van der Waals surface area contributed by atoms with Crippen molar-refractivity contribution in [2.75, 3.05) is 18.8 Å². The first-order chi connectivity index (χ1) is 6.49. The van der Waals surface area contributed by atoms with Gasteiger partial charge >= 0.3 is 0 Å². The van der Waals surface area contributed by atoms with Crippen molar-refractivity contribution in [2.24, 2.45) is 0 Å². The lowest BCUT2D eigenvalue weighted by atomic mass is 10.2. The van der Waals surface area contributed by atoms with Crippen LogP contribution in [0.4, 0.5) is 0 Å². The Morgan fingerprint density at radius 2 is 2.29 bits per heavy atom. The molecular formula is C7H14N2O4S. The van der Waals surface area contributed by atoms with E-state index in [1.54, 1.807) is 0 Å². The Kier molecular flexibility index (Phi) is 3.85. The van der Waals surface area contributed by atoms with Crippen molar-refractivity contribution >= 4 is 16.0 Å². The molecule has 82 valence electrons. The van der Waals surface area contributed by atoms with Crippen LogP contribution in [-0.4, -0.2) is 43.8 Å². The molecule has 1 aliphatic rings. The molecule has 1 fully saturated rings. The molecule has 0 aromatic rings. The quantitative estimate of drug-likeness (QED) is 0.516. The third-order valence-electron chi connectivity index (χ3n) is 2.04. The second-order valence-electron chi connectivity index (χ2n) is 3.23. The maximum absolute atomic E-state index is 11.3. The van der Waals surface area contributed by atoms with E-state index < -0.39 is 15.9 Å². The molecular weight excluding hydrogens is 208 g/mol. The van der Waals surface area contributed by atoms with E-state index in [0.717, 1.165) is 19.4 Å². The Morgan fingerprint density at radius 1 is 1.57 bits per heavy atom. The average molecular weight is 222 g/mol. The summed E-state index contributed by atoms with van der Waals surface area (Å²) in [5.41, 5.74) is 0. The third-order valence-corrected chi connectivity index (χ3v) is 2.76. The van der Waals surface area contributed by atoms with E-state index >= 15 is 0 Å². The van der Waals surface area contributed by atoms with Gasteiger partial charge in [-0.2, -0.15) is 8.42 Å². The molecule has 1 saturated heterocycles. The van der Waals surface area contributed by atoms with E-state index in [4.69, 9.17) is 4.55 Å². The maximum Gasteiger partial charge on any atom is 0.266 e. The van der Waals surface area contributed by atoms with E-state index in [2.05, 4.69) is 10.6 Å². The van der Waals surface area contributed by atoms with Crippen LogP contribution in [0.1, 0.15) is 12.8 Å². The minimum Gasteiger partial charge on any atom is -0.354 e. The molecule has 0 aliphatic carbocycles. The summed E-state index contributed by atoms with van der Waals surface area (Å²) in [6.07, 6.45) is 1.73. The molecule has 0 aromatic heterocycles. The first kappa shape index (κ1) is 11.4. The summed E-state index contributed by atoms with van der Waals surface area (Å²) >= 11 is 0. The molecule has 0 aromatic carbocycles. The highest BCUT2D eigenvalue weighted by Gasteiger charge is 2.21. The molecule has 7 heteroatoms. The van der Waals surface area contributed by atoms with E-state index in [-0.39, 0.29) is 18.5 Å².